The van der Waals surface area contributed by atoms with Gasteiger partial charge in [0.05, 0.1) is 0 Å². The van der Waals surface area contributed by atoms with E-state index >= 15 is 0 Å². The maximum atomic E-state index is 10.7. The van der Waals surface area contributed by atoms with Gasteiger partial charge in [-0.1, -0.05) is 0 Å². The van der Waals surface area contributed by atoms with E-state index in [9.17, 15) is 14.4 Å². The predicted octanol–water partition coefficient (Wildman–Crippen LogP) is -0.458. The molecule has 0 aliphatic rings. The lowest BCUT2D eigenvalue weighted by Crippen LogP contribution is -2.23. The van der Waals surface area contributed by atoms with Crippen molar-refractivity contribution in [1.29, 1.82) is 0 Å². The highest BCUT2D eigenvalue weighted by atomic mass is 16.4. The molecule has 0 aromatic carbocycles. The van der Waals surface area contributed by atoms with Gasteiger partial charge in [0.15, 0.2) is 5.78 Å². The molecule has 0 bridgehead atoms. The highest BCUT2D eigenvalue weighted by molar-refractivity contribution is 6.38. The summed E-state index contributed by atoms with van der Waals surface area (Å²) in [6.07, 6.45) is -0.658. The quantitative estimate of drug-likeness (QED) is 0.353. The van der Waals surface area contributed by atoms with Gasteiger partial charge in [-0.3, -0.25) is 14.4 Å². The molecule has 0 radical (unpaired) electrons. The van der Waals surface area contributed by atoms with Crippen molar-refractivity contribution in [2.75, 3.05) is 0 Å². The number of carboxylic acid groups (broad SMARTS) is 1. The molecule has 0 rings (SSSR count). The minimum absolute atomic E-state index is 0.124. The van der Waals surface area contributed by atoms with Crippen molar-refractivity contribution in [3.05, 3.63) is 0 Å². The van der Waals surface area contributed by atoms with E-state index in [-0.39, 0.29) is 11.5 Å². The lowest BCUT2D eigenvalue weighted by molar-refractivity contribution is -0.140. The smallest absolute Gasteiger partial charge is 0.312 e. The molecule has 0 aliphatic carbocycles. The number of hydrogen-bond acceptors (Lipinski definition) is 4. The van der Waals surface area contributed by atoms with E-state index in [2.05, 4.69) is 5.10 Å². The largest absolute Gasteiger partial charge is 0.481 e. The van der Waals surface area contributed by atoms with Gasteiger partial charge in [0.2, 0.25) is 0 Å². The Morgan fingerprint density at radius 3 is 2.23 bits per heavy atom. The Morgan fingerprint density at radius 2 is 1.85 bits per heavy atom. The fourth-order valence-corrected chi connectivity index (χ4v) is 0.402. The minimum Gasteiger partial charge on any atom is -0.481 e. The summed E-state index contributed by atoms with van der Waals surface area (Å²) in [4.78, 5) is 31.3. The van der Waals surface area contributed by atoms with Gasteiger partial charge in [0.25, 0.3) is 5.91 Å². The predicted molar refractivity (Wildman–Crippen MR) is 44.2 cm³/mol. The number of hydrazone groups is 1. The maximum Gasteiger partial charge on any atom is 0.312 e. The van der Waals surface area contributed by atoms with Crippen molar-refractivity contribution >= 4 is 23.4 Å². The molecule has 6 heteroatoms. The van der Waals surface area contributed by atoms with E-state index in [1.165, 1.54) is 13.8 Å². The zero-order chi connectivity index (χ0) is 10.4. The van der Waals surface area contributed by atoms with Crippen LogP contribution in [-0.4, -0.2) is 28.5 Å². The number of carbonyl (C=O) groups is 3. The monoisotopic (exact) mass is 186 g/mol. The minimum atomic E-state index is -1.24. The number of carbonyl (C=O) groups excluding carboxylic acids is 2. The normalized spacial score (nSPS) is 10.8. The molecule has 0 heterocycles. The average molecular weight is 186 g/mol. The molecule has 6 nitrogen and oxygen atoms in total. The first-order valence-corrected chi connectivity index (χ1v) is 3.49. The Morgan fingerprint density at radius 1 is 1.31 bits per heavy atom. The van der Waals surface area contributed by atoms with Crippen molar-refractivity contribution in [3.63, 3.8) is 0 Å². The van der Waals surface area contributed by atoms with Crippen molar-refractivity contribution in [3.8, 4) is 0 Å². The van der Waals surface area contributed by atoms with Crippen LogP contribution in [0, 0.1) is 0 Å². The van der Waals surface area contributed by atoms with E-state index in [0.717, 1.165) is 0 Å². The molecule has 0 unspecified atom stereocenters. The summed E-state index contributed by atoms with van der Waals surface area (Å²) < 4.78 is 0. The highest BCUT2D eigenvalue weighted by Gasteiger charge is 2.06. The number of amides is 1. The second-order valence-corrected chi connectivity index (χ2v) is 2.36. The van der Waals surface area contributed by atoms with Gasteiger partial charge in [-0.15, -0.1) is 0 Å². The Bertz CT molecular complexity index is 270. The molecule has 0 atom stereocenters. The van der Waals surface area contributed by atoms with Gasteiger partial charge >= 0.3 is 5.97 Å². The number of hydrogen-bond donors (Lipinski definition) is 2. The summed E-state index contributed by atoms with van der Waals surface area (Å²) >= 11 is 0. The van der Waals surface area contributed by atoms with Gasteiger partial charge in [-0.2, -0.15) is 5.10 Å². The molecule has 0 spiro atoms. The van der Waals surface area contributed by atoms with Crippen LogP contribution >= 0.6 is 0 Å². The molecular formula is C7H10N2O4. The third-order valence-corrected chi connectivity index (χ3v) is 1.17. The van der Waals surface area contributed by atoms with E-state index in [1.807, 2.05) is 5.43 Å². The molecule has 0 saturated heterocycles. The first kappa shape index (κ1) is 11.3. The topological polar surface area (TPSA) is 95.8 Å². The zero-order valence-electron chi connectivity index (χ0n) is 7.33. The molecule has 0 saturated carbocycles. The molecule has 13 heavy (non-hydrogen) atoms. The summed E-state index contributed by atoms with van der Waals surface area (Å²) in [7, 11) is 0. The fraction of sp³-hybridized carbons (Fsp3) is 0.429. The molecular weight excluding hydrogens is 176 g/mol. The van der Waals surface area contributed by atoms with E-state index in [1.54, 1.807) is 0 Å². The summed E-state index contributed by atoms with van der Waals surface area (Å²) in [6.45, 7) is 2.71. The number of nitrogens with zero attached hydrogens (tertiary/aromatic N) is 1. The molecule has 2 N–H and O–H groups in total. The standard InChI is InChI=1S/C7H10N2O4/c1-4(5(2)10)8-9-6(11)3-7(12)13/h3H2,1-2H3,(H,9,11)(H,12,13)/b8-4+. The van der Waals surface area contributed by atoms with E-state index < -0.39 is 18.3 Å². The van der Waals surface area contributed by atoms with Gasteiger partial charge in [-0.25, -0.2) is 5.43 Å². The third-order valence-electron chi connectivity index (χ3n) is 1.17. The van der Waals surface area contributed by atoms with Crippen molar-refractivity contribution in [2.24, 2.45) is 5.10 Å². The average Bonchev–Trinajstić information content (AvgIpc) is 1.98. The van der Waals surface area contributed by atoms with Crippen LogP contribution in [0.1, 0.15) is 20.3 Å². The number of carboxylic acids is 1. The molecule has 0 aromatic heterocycles. The Balaban J connectivity index is 4.02. The second-order valence-electron chi connectivity index (χ2n) is 2.36. The van der Waals surface area contributed by atoms with Crippen molar-refractivity contribution in [1.82, 2.24) is 5.43 Å². The number of ketones is 1. The lowest BCUT2D eigenvalue weighted by atomic mass is 10.3. The van der Waals surface area contributed by atoms with Crippen LogP contribution in [0.3, 0.4) is 0 Å². The van der Waals surface area contributed by atoms with E-state index in [0.29, 0.717) is 0 Å². The molecule has 0 aliphatic heterocycles. The highest BCUT2D eigenvalue weighted by Crippen LogP contribution is 1.81. The maximum absolute atomic E-state index is 10.7. The van der Waals surface area contributed by atoms with Crippen LogP contribution in [0.25, 0.3) is 0 Å². The van der Waals surface area contributed by atoms with Gasteiger partial charge in [-0.05, 0) is 6.92 Å². The van der Waals surface area contributed by atoms with Crippen LogP contribution in [0.15, 0.2) is 5.10 Å². The van der Waals surface area contributed by atoms with Crippen LogP contribution in [0.2, 0.25) is 0 Å². The number of aliphatic carboxylic acids is 1. The van der Waals surface area contributed by atoms with Crippen molar-refractivity contribution < 1.29 is 19.5 Å². The van der Waals surface area contributed by atoms with E-state index in [4.69, 9.17) is 5.11 Å². The van der Waals surface area contributed by atoms with Crippen LogP contribution < -0.4 is 5.43 Å². The van der Waals surface area contributed by atoms with Gasteiger partial charge < -0.3 is 5.11 Å². The van der Waals surface area contributed by atoms with Crippen LogP contribution in [0.4, 0.5) is 0 Å². The second kappa shape index (κ2) is 5.02. The summed E-state index contributed by atoms with van der Waals surface area (Å²) in [5, 5.41) is 11.6. The Kier molecular flexibility index (Phi) is 4.36. The number of nitrogens with one attached hydrogen (secondary N) is 1. The van der Waals surface area contributed by atoms with Gasteiger partial charge in [0, 0.05) is 6.92 Å². The van der Waals surface area contributed by atoms with Crippen LogP contribution in [-0.2, 0) is 14.4 Å². The fourth-order valence-electron chi connectivity index (χ4n) is 0.402. The summed E-state index contributed by atoms with van der Waals surface area (Å²) in [6, 6.07) is 0. The lowest BCUT2D eigenvalue weighted by Gasteiger charge is -1.96. The summed E-state index contributed by atoms with van der Waals surface area (Å²) in [5.41, 5.74) is 2.07. The number of rotatable bonds is 4. The first-order valence-electron chi connectivity index (χ1n) is 3.49. The molecule has 72 valence electrons. The molecule has 0 aromatic rings. The van der Waals surface area contributed by atoms with Crippen molar-refractivity contribution in [2.45, 2.75) is 20.3 Å². The first-order chi connectivity index (χ1) is 5.93. The molecule has 1 amide bonds. The Hall–Kier alpha value is -1.72. The third kappa shape index (κ3) is 5.54. The zero-order valence-corrected chi connectivity index (χ0v) is 7.33. The SMILES string of the molecule is CC(=O)/C(C)=N/NC(=O)CC(=O)O. The summed E-state index contributed by atoms with van der Waals surface area (Å²) in [5.74, 6) is -2.28. The number of Topliss-reactive ketones (excluding diaryl/α,β-unsaturated/α-hetero) is 1. The van der Waals surface area contributed by atoms with Crippen LogP contribution in [0.5, 0.6) is 0 Å². The van der Waals surface area contributed by atoms with Gasteiger partial charge in [0.1, 0.15) is 12.1 Å². The molecule has 0 fully saturated rings. The Labute approximate surface area is 74.6 Å².